The van der Waals surface area contributed by atoms with Gasteiger partial charge in [0.25, 0.3) is 11.8 Å². The molecule has 31 heavy (non-hydrogen) atoms. The second-order valence-corrected chi connectivity index (χ2v) is 8.56. The summed E-state index contributed by atoms with van der Waals surface area (Å²) >= 11 is 0.983. The van der Waals surface area contributed by atoms with E-state index < -0.39 is 58.3 Å². The zero-order valence-electron chi connectivity index (χ0n) is 15.5. The number of thiazole rings is 1. The SMILES string of the molecule is C=CC1=C(C(=O)O)N2C(=O)[C@@H](NC(=O)/C(=N\OCC(=O)O)c3csc(N)n3)[C@@H]2S(=O)C1. The third-order valence-corrected chi connectivity index (χ3v) is 6.51. The van der Waals surface area contributed by atoms with Gasteiger partial charge in [-0.1, -0.05) is 17.8 Å². The molecule has 3 heterocycles. The number of rotatable bonds is 8. The fraction of sp³-hybridized carbons (Fsp3) is 0.250. The van der Waals surface area contributed by atoms with Gasteiger partial charge >= 0.3 is 11.9 Å². The summed E-state index contributed by atoms with van der Waals surface area (Å²) in [5, 5.41) is 24.3. The molecule has 0 aromatic carbocycles. The molecule has 1 saturated heterocycles. The largest absolute Gasteiger partial charge is 0.479 e. The minimum Gasteiger partial charge on any atom is -0.479 e. The van der Waals surface area contributed by atoms with Gasteiger partial charge in [0.1, 0.15) is 22.8 Å². The van der Waals surface area contributed by atoms with Crippen LogP contribution in [0.15, 0.2) is 34.5 Å². The number of anilines is 1. The number of carbonyl (C=O) groups excluding carboxylic acids is 2. The summed E-state index contributed by atoms with van der Waals surface area (Å²) in [6.07, 6.45) is 1.22. The lowest BCUT2D eigenvalue weighted by atomic mass is 10.0. The molecule has 164 valence electrons. The molecule has 0 saturated carbocycles. The number of nitrogens with zero attached hydrogens (tertiary/aromatic N) is 3. The van der Waals surface area contributed by atoms with Crippen LogP contribution in [-0.4, -0.2) is 77.5 Å². The quantitative estimate of drug-likeness (QED) is 0.196. The van der Waals surface area contributed by atoms with E-state index in [9.17, 15) is 28.5 Å². The molecule has 13 nitrogen and oxygen atoms in total. The molecule has 1 aromatic heterocycles. The lowest BCUT2D eigenvalue weighted by Crippen LogP contribution is -2.74. The Kier molecular flexibility index (Phi) is 6.16. The number of fused-ring (bicyclic) bond motifs is 1. The Balaban J connectivity index is 1.85. The van der Waals surface area contributed by atoms with Crippen LogP contribution in [0.25, 0.3) is 0 Å². The first-order chi connectivity index (χ1) is 14.6. The number of nitrogen functional groups attached to an aromatic ring is 1. The maximum absolute atomic E-state index is 12.7. The maximum atomic E-state index is 12.7. The highest BCUT2D eigenvalue weighted by atomic mass is 32.2. The average molecular weight is 469 g/mol. The van der Waals surface area contributed by atoms with E-state index in [-0.39, 0.29) is 27.8 Å². The number of allylic oxidation sites excluding steroid dienone is 1. The summed E-state index contributed by atoms with van der Waals surface area (Å²) < 4.78 is 12.6. The van der Waals surface area contributed by atoms with Crippen LogP contribution in [0, 0.1) is 0 Å². The van der Waals surface area contributed by atoms with Gasteiger partial charge in [-0.15, -0.1) is 11.3 Å². The van der Waals surface area contributed by atoms with Gasteiger partial charge in [0, 0.05) is 5.38 Å². The molecule has 2 aliphatic heterocycles. The van der Waals surface area contributed by atoms with Crippen molar-refractivity contribution in [2.24, 2.45) is 5.16 Å². The zero-order chi connectivity index (χ0) is 22.9. The van der Waals surface area contributed by atoms with Gasteiger partial charge in [-0.3, -0.25) is 18.7 Å². The van der Waals surface area contributed by atoms with Crippen molar-refractivity contribution >= 4 is 56.7 Å². The van der Waals surface area contributed by atoms with E-state index in [1.165, 1.54) is 11.5 Å². The number of aliphatic carboxylic acids is 2. The van der Waals surface area contributed by atoms with E-state index >= 15 is 0 Å². The molecule has 1 aromatic rings. The predicted molar refractivity (Wildman–Crippen MR) is 107 cm³/mol. The molecular formula is C16H15N5O8S2. The van der Waals surface area contributed by atoms with E-state index in [1.807, 2.05) is 0 Å². The van der Waals surface area contributed by atoms with E-state index in [0.29, 0.717) is 0 Å². The number of nitrogens with two attached hydrogens (primary N) is 1. The van der Waals surface area contributed by atoms with Gasteiger partial charge in [0.05, 0.1) is 16.6 Å². The lowest BCUT2D eigenvalue weighted by molar-refractivity contribution is -0.150. The molecule has 3 atom stereocenters. The van der Waals surface area contributed by atoms with Crippen molar-refractivity contribution in [1.82, 2.24) is 15.2 Å². The average Bonchev–Trinajstić information content (AvgIpc) is 3.13. The molecule has 1 fully saturated rings. The molecule has 2 amide bonds. The van der Waals surface area contributed by atoms with Crippen LogP contribution in [0.4, 0.5) is 5.13 Å². The van der Waals surface area contributed by atoms with Gasteiger partial charge < -0.3 is 26.1 Å². The highest BCUT2D eigenvalue weighted by molar-refractivity contribution is 7.86. The van der Waals surface area contributed by atoms with Crippen molar-refractivity contribution in [3.8, 4) is 0 Å². The number of β-lactam (4-membered cyclic amide) rings is 1. The van der Waals surface area contributed by atoms with Crippen molar-refractivity contribution in [2.45, 2.75) is 11.4 Å². The van der Waals surface area contributed by atoms with Crippen molar-refractivity contribution in [3.63, 3.8) is 0 Å². The lowest BCUT2D eigenvalue weighted by Gasteiger charge is -2.48. The molecule has 1 unspecified atom stereocenters. The van der Waals surface area contributed by atoms with Crippen LogP contribution >= 0.6 is 11.3 Å². The molecule has 0 bridgehead atoms. The Morgan fingerprint density at radius 2 is 2.19 bits per heavy atom. The van der Waals surface area contributed by atoms with Crippen LogP contribution in [0.2, 0.25) is 0 Å². The van der Waals surface area contributed by atoms with Crippen LogP contribution in [0.5, 0.6) is 0 Å². The van der Waals surface area contributed by atoms with E-state index in [2.05, 4.69) is 26.9 Å². The molecule has 3 rings (SSSR count). The van der Waals surface area contributed by atoms with Crippen LogP contribution in [0.3, 0.4) is 0 Å². The summed E-state index contributed by atoms with van der Waals surface area (Å²) in [5.74, 6) is -4.64. The van der Waals surface area contributed by atoms with Crippen molar-refractivity contribution < 1.29 is 38.4 Å². The maximum Gasteiger partial charge on any atom is 0.352 e. The monoisotopic (exact) mass is 469 g/mol. The number of amides is 2. The van der Waals surface area contributed by atoms with Gasteiger partial charge in [0.2, 0.25) is 6.61 Å². The fourth-order valence-electron chi connectivity index (χ4n) is 2.92. The molecule has 5 N–H and O–H groups in total. The predicted octanol–water partition coefficient (Wildman–Crippen LogP) is -1.53. The van der Waals surface area contributed by atoms with Gasteiger partial charge in [-0.2, -0.15) is 0 Å². The van der Waals surface area contributed by atoms with Gasteiger partial charge in [-0.05, 0) is 5.57 Å². The third-order valence-electron chi connectivity index (χ3n) is 4.21. The van der Waals surface area contributed by atoms with Crippen LogP contribution in [0.1, 0.15) is 5.69 Å². The van der Waals surface area contributed by atoms with Gasteiger partial charge in [-0.25, -0.2) is 14.6 Å². The number of carboxylic acids is 2. The number of aromatic nitrogens is 1. The molecule has 0 aliphatic carbocycles. The third kappa shape index (κ3) is 4.17. The first-order valence-electron chi connectivity index (χ1n) is 8.38. The Morgan fingerprint density at radius 1 is 1.48 bits per heavy atom. The van der Waals surface area contributed by atoms with Crippen LogP contribution in [-0.2, 0) is 34.8 Å². The topological polar surface area (TPSA) is 202 Å². The Labute approximate surface area is 180 Å². The summed E-state index contributed by atoms with van der Waals surface area (Å²) in [6, 6.07) is -1.30. The van der Waals surface area contributed by atoms with Crippen molar-refractivity contribution in [2.75, 3.05) is 18.1 Å². The standard InChI is InChI=1S/C16H15N5O8S2/c1-2-6-5-31(28)14-10(13(25)21(14)11(6)15(26)27)19-12(24)9(20-29-3-8(22)23)7-4-30-16(17)18-7/h2,4,10,14H,1,3,5H2,(H2,17,18)(H,19,24)(H,22,23)(H,26,27)/b20-9-/t10-,14+,31?/m1/s1. The smallest absolute Gasteiger partial charge is 0.352 e. The molecule has 0 spiro atoms. The van der Waals surface area contributed by atoms with E-state index in [1.54, 1.807) is 0 Å². The fourth-order valence-corrected chi connectivity index (χ4v) is 5.14. The summed E-state index contributed by atoms with van der Waals surface area (Å²) in [6.45, 7) is 2.64. The number of hydrogen-bond donors (Lipinski definition) is 4. The normalized spacial score (nSPS) is 23.0. The van der Waals surface area contributed by atoms with E-state index in [0.717, 1.165) is 16.2 Å². The second kappa shape index (κ2) is 8.65. The number of oxime groups is 1. The van der Waals surface area contributed by atoms with Gasteiger partial charge in [0.15, 0.2) is 10.8 Å². The number of carbonyl (C=O) groups is 4. The zero-order valence-corrected chi connectivity index (χ0v) is 17.1. The molecule has 0 radical (unpaired) electrons. The minimum absolute atomic E-state index is 0.0288. The number of nitrogens with one attached hydrogen (secondary N) is 1. The second-order valence-electron chi connectivity index (χ2n) is 6.14. The first-order valence-corrected chi connectivity index (χ1v) is 10.6. The minimum atomic E-state index is -1.71. The van der Waals surface area contributed by atoms with E-state index in [4.69, 9.17) is 10.8 Å². The Morgan fingerprint density at radius 3 is 2.74 bits per heavy atom. The van der Waals surface area contributed by atoms with Crippen LogP contribution < -0.4 is 11.1 Å². The molecule has 2 aliphatic rings. The Hall–Kier alpha value is -3.59. The molecular weight excluding hydrogens is 454 g/mol. The number of hydrogen-bond acceptors (Lipinski definition) is 10. The summed E-state index contributed by atoms with van der Waals surface area (Å²) in [7, 11) is -1.71. The summed E-state index contributed by atoms with van der Waals surface area (Å²) in [4.78, 5) is 56.9. The molecule has 15 heteroatoms. The first kappa shape index (κ1) is 22.1. The van der Waals surface area contributed by atoms with Crippen molar-refractivity contribution in [3.05, 3.63) is 35.0 Å². The number of carboxylic acid groups (broad SMARTS) is 2. The Bertz CT molecular complexity index is 1080. The highest BCUT2D eigenvalue weighted by Crippen LogP contribution is 2.35. The summed E-state index contributed by atoms with van der Waals surface area (Å²) in [5.41, 5.74) is 4.86. The van der Waals surface area contributed by atoms with Crippen molar-refractivity contribution in [1.29, 1.82) is 0 Å². The highest BCUT2D eigenvalue weighted by Gasteiger charge is 2.57.